The molecule has 0 aromatic carbocycles. The minimum atomic E-state index is -2.96. The summed E-state index contributed by atoms with van der Waals surface area (Å²) in [5, 5.41) is 0. The van der Waals surface area contributed by atoms with E-state index < -0.39 is 9.84 Å². The molecule has 0 fully saturated rings. The second-order valence-electron chi connectivity index (χ2n) is 3.97. The maximum absolute atomic E-state index is 11.6. The summed E-state index contributed by atoms with van der Waals surface area (Å²) in [7, 11) is -2.96. The lowest BCUT2D eigenvalue weighted by atomic mass is 10.2. The van der Waals surface area contributed by atoms with Gasteiger partial charge in [-0.25, -0.2) is 8.42 Å². The Labute approximate surface area is 94.5 Å². The second-order valence-corrected chi connectivity index (χ2v) is 6.03. The van der Waals surface area contributed by atoms with Crippen LogP contribution >= 0.6 is 0 Å². The van der Waals surface area contributed by atoms with Gasteiger partial charge in [-0.05, 0) is 17.5 Å². The molecule has 0 radical (unpaired) electrons. The highest BCUT2D eigenvalue weighted by Crippen LogP contribution is 2.25. The molecule has 0 N–H and O–H groups in total. The van der Waals surface area contributed by atoms with Gasteiger partial charge in [0.25, 0.3) is 0 Å². The molecule has 0 unspecified atom stereocenters. The minimum Gasteiger partial charge on any atom is -0.294 e. The zero-order chi connectivity index (χ0) is 11.8. The van der Waals surface area contributed by atoms with E-state index in [2.05, 4.69) is 6.58 Å². The lowest BCUT2D eigenvalue weighted by Gasteiger charge is -1.99. The third-order valence-corrected chi connectivity index (χ3v) is 4.11. The van der Waals surface area contributed by atoms with Gasteiger partial charge in [-0.2, -0.15) is 0 Å². The molecular weight excluding hydrogens is 226 g/mol. The van der Waals surface area contributed by atoms with Gasteiger partial charge in [0.15, 0.2) is 9.84 Å². The average molecular weight is 239 g/mol. The summed E-state index contributed by atoms with van der Waals surface area (Å²) < 4.78 is 24.1. The van der Waals surface area contributed by atoms with Crippen molar-refractivity contribution in [1.29, 1.82) is 0 Å². The number of fused-ring (bicyclic) bond motifs is 1. The molecule has 0 atom stereocenters. The third-order valence-electron chi connectivity index (χ3n) is 2.60. The number of aromatic nitrogens is 1. The Hall–Kier alpha value is -1.36. The van der Waals surface area contributed by atoms with E-state index >= 15 is 0 Å². The van der Waals surface area contributed by atoms with Crippen LogP contribution < -0.4 is 0 Å². The van der Waals surface area contributed by atoms with Gasteiger partial charge in [0, 0.05) is 18.8 Å². The van der Waals surface area contributed by atoms with Crippen molar-refractivity contribution in [3.63, 3.8) is 0 Å². The maximum atomic E-state index is 11.6. The zero-order valence-electron chi connectivity index (χ0n) is 8.85. The molecular formula is C11H13NO3S. The SMILES string of the molecule is C=CCCC(=O)n1cc2c(c1)CS(=O)(=O)C2. The maximum Gasteiger partial charge on any atom is 0.230 e. The highest BCUT2D eigenvalue weighted by Gasteiger charge is 2.26. The van der Waals surface area contributed by atoms with Crippen molar-refractivity contribution in [2.75, 3.05) is 0 Å². The number of hydrogen-bond donors (Lipinski definition) is 0. The van der Waals surface area contributed by atoms with Crippen LogP contribution in [-0.4, -0.2) is 18.9 Å². The molecule has 16 heavy (non-hydrogen) atoms. The average Bonchev–Trinajstić information content (AvgIpc) is 2.67. The number of carbonyl (C=O) groups is 1. The van der Waals surface area contributed by atoms with E-state index in [1.807, 2.05) is 0 Å². The number of sulfone groups is 1. The molecule has 1 aliphatic rings. The van der Waals surface area contributed by atoms with Gasteiger partial charge in [-0.1, -0.05) is 6.08 Å². The number of allylic oxidation sites excluding steroid dienone is 1. The van der Waals surface area contributed by atoms with E-state index in [1.165, 1.54) is 4.57 Å². The van der Waals surface area contributed by atoms with Crippen molar-refractivity contribution in [3.05, 3.63) is 36.2 Å². The fourth-order valence-corrected chi connectivity index (χ4v) is 3.39. The predicted octanol–water partition coefficient (Wildman–Crippen LogP) is 1.52. The first kappa shape index (κ1) is 11.1. The molecule has 4 nitrogen and oxygen atoms in total. The van der Waals surface area contributed by atoms with E-state index in [-0.39, 0.29) is 17.4 Å². The number of hydrogen-bond acceptors (Lipinski definition) is 3. The van der Waals surface area contributed by atoms with E-state index in [1.54, 1.807) is 18.5 Å². The molecule has 0 saturated heterocycles. The fraction of sp³-hybridized carbons (Fsp3) is 0.364. The second kappa shape index (κ2) is 3.90. The van der Waals surface area contributed by atoms with Crippen LogP contribution in [0.25, 0.3) is 0 Å². The number of nitrogens with zero attached hydrogens (tertiary/aromatic N) is 1. The Morgan fingerprint density at radius 1 is 1.38 bits per heavy atom. The van der Waals surface area contributed by atoms with Gasteiger partial charge in [0.1, 0.15) is 0 Å². The van der Waals surface area contributed by atoms with Gasteiger partial charge in [0.2, 0.25) is 5.91 Å². The van der Waals surface area contributed by atoms with Gasteiger partial charge in [-0.3, -0.25) is 9.36 Å². The van der Waals surface area contributed by atoms with E-state index in [9.17, 15) is 13.2 Å². The molecule has 1 aromatic rings. The fourth-order valence-electron chi connectivity index (χ4n) is 1.82. The Morgan fingerprint density at radius 2 is 1.94 bits per heavy atom. The van der Waals surface area contributed by atoms with Crippen LogP contribution in [0, 0.1) is 0 Å². The van der Waals surface area contributed by atoms with Gasteiger partial charge >= 0.3 is 0 Å². The standard InChI is InChI=1S/C11H13NO3S/c1-2-3-4-11(13)12-5-9-7-16(14,15)8-10(9)6-12/h2,5-6H,1,3-4,7-8H2. The van der Waals surface area contributed by atoms with Gasteiger partial charge < -0.3 is 0 Å². The van der Waals surface area contributed by atoms with Crippen LogP contribution in [-0.2, 0) is 21.3 Å². The quantitative estimate of drug-likeness (QED) is 0.751. The lowest BCUT2D eigenvalue weighted by Crippen LogP contribution is -2.08. The molecule has 0 spiro atoms. The predicted molar refractivity (Wildman–Crippen MR) is 60.8 cm³/mol. The molecule has 2 heterocycles. The summed E-state index contributed by atoms with van der Waals surface area (Å²) in [5.74, 6) is 0.0976. The Kier molecular flexibility index (Phi) is 2.71. The molecule has 2 rings (SSSR count). The monoisotopic (exact) mass is 239 g/mol. The van der Waals surface area contributed by atoms with Gasteiger partial charge in [0.05, 0.1) is 11.5 Å². The number of rotatable bonds is 3. The highest BCUT2D eigenvalue weighted by atomic mass is 32.2. The van der Waals surface area contributed by atoms with Crippen molar-refractivity contribution in [2.24, 2.45) is 0 Å². The summed E-state index contributed by atoms with van der Waals surface area (Å²) in [6, 6.07) is 0. The minimum absolute atomic E-state index is 0.0216. The van der Waals surface area contributed by atoms with E-state index in [0.717, 1.165) is 11.1 Å². The van der Waals surface area contributed by atoms with Crippen molar-refractivity contribution in [2.45, 2.75) is 24.3 Å². The van der Waals surface area contributed by atoms with Crippen LogP contribution in [0.4, 0.5) is 0 Å². The largest absolute Gasteiger partial charge is 0.294 e. The normalized spacial score (nSPS) is 17.0. The summed E-state index contributed by atoms with van der Waals surface area (Å²) >= 11 is 0. The molecule has 0 amide bonds. The number of carbonyl (C=O) groups excluding carboxylic acids is 1. The Bertz CT molecular complexity index is 510. The topological polar surface area (TPSA) is 56.1 Å². The molecule has 0 saturated carbocycles. The molecule has 86 valence electrons. The van der Waals surface area contributed by atoms with Crippen molar-refractivity contribution >= 4 is 15.7 Å². The third kappa shape index (κ3) is 2.09. The summed E-state index contributed by atoms with van der Waals surface area (Å²) in [6.45, 7) is 3.55. The molecule has 1 aliphatic heterocycles. The Morgan fingerprint density at radius 3 is 2.44 bits per heavy atom. The van der Waals surface area contributed by atoms with E-state index in [4.69, 9.17) is 0 Å². The lowest BCUT2D eigenvalue weighted by molar-refractivity contribution is 0.0904. The Balaban J connectivity index is 2.17. The van der Waals surface area contributed by atoms with Crippen LogP contribution in [0.3, 0.4) is 0 Å². The molecule has 0 aliphatic carbocycles. The van der Waals surface area contributed by atoms with E-state index in [0.29, 0.717) is 12.8 Å². The summed E-state index contributed by atoms with van der Waals surface area (Å²) in [5.41, 5.74) is 1.51. The van der Waals surface area contributed by atoms with Crippen molar-refractivity contribution in [1.82, 2.24) is 4.57 Å². The summed E-state index contributed by atoms with van der Waals surface area (Å²) in [4.78, 5) is 11.6. The first-order chi connectivity index (χ1) is 7.52. The smallest absolute Gasteiger partial charge is 0.230 e. The van der Waals surface area contributed by atoms with Crippen LogP contribution in [0.15, 0.2) is 25.0 Å². The van der Waals surface area contributed by atoms with Crippen LogP contribution in [0.1, 0.15) is 28.8 Å². The van der Waals surface area contributed by atoms with Crippen molar-refractivity contribution in [3.8, 4) is 0 Å². The van der Waals surface area contributed by atoms with Crippen molar-refractivity contribution < 1.29 is 13.2 Å². The molecule has 5 heteroatoms. The highest BCUT2D eigenvalue weighted by molar-refractivity contribution is 7.90. The zero-order valence-corrected chi connectivity index (χ0v) is 9.66. The first-order valence-corrected chi connectivity index (χ1v) is 6.88. The van der Waals surface area contributed by atoms with Gasteiger partial charge in [-0.15, -0.1) is 6.58 Å². The molecule has 0 bridgehead atoms. The van der Waals surface area contributed by atoms with Crippen LogP contribution in [0.2, 0.25) is 0 Å². The first-order valence-electron chi connectivity index (χ1n) is 5.06. The molecule has 1 aromatic heterocycles. The van der Waals surface area contributed by atoms with Crippen LogP contribution in [0.5, 0.6) is 0 Å². The summed E-state index contributed by atoms with van der Waals surface area (Å²) in [6.07, 6.45) is 6.00.